The molecule has 6 aliphatic rings. The van der Waals surface area contributed by atoms with E-state index in [2.05, 4.69) is 54.6 Å². The summed E-state index contributed by atoms with van der Waals surface area (Å²) in [5, 5.41) is 0. The van der Waals surface area contributed by atoms with Crippen molar-refractivity contribution in [1.82, 2.24) is 0 Å². The normalized spacial score (nSPS) is 19.2. The Morgan fingerprint density at radius 2 is 0.522 bits per heavy atom. The molecule has 3 saturated heterocycles. The van der Waals surface area contributed by atoms with Gasteiger partial charge in [0.15, 0.2) is 0 Å². The van der Waals surface area contributed by atoms with Crippen LogP contribution in [0, 0.1) is 0 Å². The highest BCUT2D eigenvalue weighted by Gasteiger charge is 2.45. The lowest BCUT2D eigenvalue weighted by atomic mass is 9.67. The van der Waals surface area contributed by atoms with Crippen molar-refractivity contribution in [2.75, 3.05) is 60.6 Å². The molecule has 360 valence electrons. The number of rotatable bonds is 12. The van der Waals surface area contributed by atoms with E-state index in [4.69, 9.17) is 41.9 Å². The van der Waals surface area contributed by atoms with Gasteiger partial charge in [-0.25, -0.2) is 0 Å². The van der Waals surface area contributed by atoms with Gasteiger partial charge in [-0.2, -0.15) is 0 Å². The Kier molecular flexibility index (Phi) is 14.2. The minimum atomic E-state index is -1.96. The molecule has 6 aliphatic heterocycles. The predicted octanol–water partition coefficient (Wildman–Crippen LogP) is 3.39. The number of para-hydroxylation sites is 6. The molecule has 15 heteroatoms. The highest BCUT2D eigenvalue weighted by molar-refractivity contribution is 6.78. The second-order valence-electron chi connectivity index (χ2n) is 19.2. The van der Waals surface area contributed by atoms with Crippen molar-refractivity contribution in [3.05, 3.63) is 162 Å². The van der Waals surface area contributed by atoms with E-state index >= 15 is 0 Å². The van der Waals surface area contributed by atoms with E-state index in [9.17, 15) is 0 Å². The Morgan fingerprint density at radius 1 is 0.319 bits per heavy atom. The second kappa shape index (κ2) is 21.0. The molecule has 69 heavy (non-hydrogen) atoms. The van der Waals surface area contributed by atoms with Crippen LogP contribution in [-0.4, -0.2) is 80.9 Å². The second-order valence-corrected chi connectivity index (χ2v) is 19.2. The summed E-state index contributed by atoms with van der Waals surface area (Å²) >= 11 is 0. The number of quaternary nitrogens is 3. The summed E-state index contributed by atoms with van der Waals surface area (Å²) in [4.78, 5) is 4.86. The molecule has 3 N–H and O–H groups in total. The molecule has 0 aliphatic carbocycles. The molecular weight excluding hydrogens is 867 g/mol. The smallest absolute Gasteiger partial charge is 0.523 e. The SMILES string of the molecule is CO[B-]1(c2ccccc2C[NH+]2CCCC2)Oc2ccccc2O1.CO[B-]1(c2ccccc2C[NH+]2CCCC2)Oc2ccccc2O1.CO[B-]1(c2ccccc2C[NH+]2CCCC2)Oc2ccccc2O1. The van der Waals surface area contributed by atoms with Gasteiger partial charge in [-0.1, -0.05) is 126 Å². The molecule has 0 spiro atoms. The van der Waals surface area contributed by atoms with Crippen LogP contribution in [0.5, 0.6) is 34.5 Å². The van der Waals surface area contributed by atoms with E-state index in [0.717, 1.165) is 70.5 Å². The van der Waals surface area contributed by atoms with Crippen LogP contribution < -0.4 is 59.0 Å². The Morgan fingerprint density at radius 3 is 0.739 bits per heavy atom. The Hall–Kier alpha value is -5.93. The van der Waals surface area contributed by atoms with Gasteiger partial charge in [0, 0.05) is 38.5 Å². The minimum absolute atomic E-state index is 0.748. The maximum Gasteiger partial charge on any atom is 0.523 e. The average Bonchev–Trinajstić information content (AvgIpc) is 4.27. The highest BCUT2D eigenvalue weighted by atomic mass is 16.8. The number of hydrogen-bond acceptors (Lipinski definition) is 9. The summed E-state index contributed by atoms with van der Waals surface area (Å²) in [7, 11) is 4.97. The summed E-state index contributed by atoms with van der Waals surface area (Å²) in [6.45, 7) is 4.53. The Labute approximate surface area is 407 Å². The van der Waals surface area contributed by atoms with Crippen molar-refractivity contribution in [3.63, 3.8) is 0 Å². The third kappa shape index (κ3) is 9.95. The average molecular weight is 934 g/mol. The Balaban J connectivity index is 0.000000120. The maximum absolute atomic E-state index is 6.14. The van der Waals surface area contributed by atoms with Crippen LogP contribution >= 0.6 is 0 Å². The van der Waals surface area contributed by atoms with E-state index in [1.165, 1.54) is 94.5 Å². The van der Waals surface area contributed by atoms with Crippen LogP contribution in [0.3, 0.4) is 0 Å². The largest absolute Gasteiger partial charge is 0.654 e. The highest BCUT2D eigenvalue weighted by Crippen LogP contribution is 2.39. The summed E-state index contributed by atoms with van der Waals surface area (Å²) < 4.78 is 54.2. The molecule has 0 unspecified atom stereocenters. The van der Waals surface area contributed by atoms with Gasteiger partial charge in [0.05, 0.1) is 39.3 Å². The van der Waals surface area contributed by atoms with Gasteiger partial charge in [0.25, 0.3) is 0 Å². The van der Waals surface area contributed by atoms with E-state index in [-0.39, 0.29) is 0 Å². The van der Waals surface area contributed by atoms with Crippen molar-refractivity contribution in [2.24, 2.45) is 0 Å². The van der Waals surface area contributed by atoms with Crippen LogP contribution in [-0.2, 0) is 33.6 Å². The Bertz CT molecular complexity index is 2310. The molecule has 12 nitrogen and oxygen atoms in total. The monoisotopic (exact) mass is 934 g/mol. The lowest BCUT2D eigenvalue weighted by Gasteiger charge is -2.36. The van der Waals surface area contributed by atoms with E-state index in [1.54, 1.807) is 36.0 Å². The first-order valence-corrected chi connectivity index (χ1v) is 25.1. The number of nitrogens with one attached hydrogen (secondary N) is 3. The molecule has 6 aromatic carbocycles. The molecule has 6 heterocycles. The van der Waals surface area contributed by atoms with Crippen LogP contribution in [0.15, 0.2) is 146 Å². The van der Waals surface area contributed by atoms with Gasteiger partial charge < -0.3 is 56.6 Å². The topological polar surface area (TPSA) is 96.4 Å². The number of fused-ring (bicyclic) bond motifs is 3. The standard InChI is InChI=1S/3C18H21BNO3/c3*1-21-19(22-17-10-4-5-11-18(17)23-19)16-9-3-2-8-15(16)14-20-12-6-7-13-20/h3*2-5,8-11H,6-7,12-14H2,1H3/q3*-1/p+3. The molecule has 0 aromatic heterocycles. The third-order valence-corrected chi connectivity index (χ3v) is 14.7. The summed E-state index contributed by atoms with van der Waals surface area (Å²) in [6.07, 6.45) is 7.90. The molecular formula is C54H66B3N3O9. The molecule has 3 fully saturated rings. The number of likely N-dealkylation sites (tertiary alicyclic amines) is 3. The molecule has 0 bridgehead atoms. The van der Waals surface area contributed by atoms with Gasteiger partial charge in [-0.15, -0.1) is 0 Å². The maximum atomic E-state index is 6.14. The molecule has 0 amide bonds. The van der Waals surface area contributed by atoms with Crippen LogP contribution in [0.2, 0.25) is 0 Å². The van der Waals surface area contributed by atoms with Crippen molar-refractivity contribution in [1.29, 1.82) is 0 Å². The fourth-order valence-electron chi connectivity index (χ4n) is 11.1. The lowest BCUT2D eigenvalue weighted by molar-refractivity contribution is -0.901. The number of benzene rings is 6. The minimum Gasteiger partial charge on any atom is -0.654 e. The molecule has 0 saturated carbocycles. The van der Waals surface area contributed by atoms with E-state index < -0.39 is 20.3 Å². The van der Waals surface area contributed by atoms with Crippen LogP contribution in [0.1, 0.15) is 55.2 Å². The summed E-state index contributed by atoms with van der Waals surface area (Å²) in [5.41, 5.74) is 6.80. The molecule has 12 rings (SSSR count). The van der Waals surface area contributed by atoms with E-state index in [0.29, 0.717) is 0 Å². The third-order valence-electron chi connectivity index (χ3n) is 14.7. The predicted molar refractivity (Wildman–Crippen MR) is 271 cm³/mol. The first-order valence-electron chi connectivity index (χ1n) is 25.1. The molecule has 6 aromatic rings. The first kappa shape index (κ1) is 46.8. The van der Waals surface area contributed by atoms with Crippen molar-refractivity contribution >= 4 is 36.7 Å². The van der Waals surface area contributed by atoms with Gasteiger partial charge in [0.2, 0.25) is 0 Å². The van der Waals surface area contributed by atoms with Crippen molar-refractivity contribution in [2.45, 2.75) is 58.2 Å². The quantitative estimate of drug-likeness (QED) is 0.160. The first-order chi connectivity index (χ1) is 33.9. The zero-order valence-electron chi connectivity index (χ0n) is 40.4. The molecule has 0 radical (unpaired) electrons. The fourth-order valence-corrected chi connectivity index (χ4v) is 11.1. The zero-order chi connectivity index (χ0) is 47.1. The molecule has 0 atom stereocenters. The van der Waals surface area contributed by atoms with Gasteiger partial charge in [-0.3, -0.25) is 0 Å². The summed E-state index contributed by atoms with van der Waals surface area (Å²) in [6, 6.07) is 48.2. The van der Waals surface area contributed by atoms with Crippen LogP contribution in [0.25, 0.3) is 0 Å². The summed E-state index contributed by atoms with van der Waals surface area (Å²) in [5.74, 6) is 4.49. The van der Waals surface area contributed by atoms with Gasteiger partial charge in [0.1, 0.15) is 54.1 Å². The van der Waals surface area contributed by atoms with Crippen molar-refractivity contribution in [3.8, 4) is 34.5 Å². The lowest BCUT2D eigenvalue weighted by Crippen LogP contribution is -3.08. The van der Waals surface area contributed by atoms with Gasteiger partial charge in [-0.05, 0) is 74.4 Å². The van der Waals surface area contributed by atoms with Gasteiger partial charge >= 0.3 is 20.3 Å². The van der Waals surface area contributed by atoms with E-state index in [1.807, 2.05) is 91.0 Å². The zero-order valence-corrected chi connectivity index (χ0v) is 40.4. The number of hydrogen-bond donors (Lipinski definition) is 3. The van der Waals surface area contributed by atoms with Crippen LogP contribution in [0.4, 0.5) is 0 Å². The fraction of sp³-hybridized carbons (Fsp3) is 0.333. The van der Waals surface area contributed by atoms with Crippen molar-refractivity contribution < 1.29 is 56.6 Å².